The number of nitrogens with zero attached hydrogens (tertiary/aromatic N) is 2. The third kappa shape index (κ3) is 3.10. The molecule has 1 unspecified atom stereocenters. The van der Waals surface area contributed by atoms with E-state index < -0.39 is 16.1 Å². The lowest BCUT2D eigenvalue weighted by Gasteiger charge is -2.24. The zero-order chi connectivity index (χ0) is 18.9. The number of sulfonamides is 1. The van der Waals surface area contributed by atoms with Gasteiger partial charge in [0.2, 0.25) is 0 Å². The van der Waals surface area contributed by atoms with Crippen molar-refractivity contribution in [2.75, 3.05) is 7.11 Å². The highest BCUT2D eigenvalue weighted by atomic mass is 32.2. The predicted octanol–water partition coefficient (Wildman–Crippen LogP) is 3.83. The number of rotatable bonds is 5. The summed E-state index contributed by atoms with van der Waals surface area (Å²) in [6, 6.07) is 18.7. The third-order valence-electron chi connectivity index (χ3n) is 4.46. The van der Waals surface area contributed by atoms with Crippen molar-refractivity contribution in [3.8, 4) is 5.75 Å². The minimum absolute atomic E-state index is 0.189. The Morgan fingerprint density at radius 3 is 2.48 bits per heavy atom. The largest absolute Gasteiger partial charge is 0.496 e. The van der Waals surface area contributed by atoms with Gasteiger partial charge in [-0.3, -0.25) is 0 Å². The van der Waals surface area contributed by atoms with Crippen LogP contribution in [-0.4, -0.2) is 25.7 Å². The van der Waals surface area contributed by atoms with Crippen molar-refractivity contribution in [2.45, 2.75) is 17.4 Å². The van der Waals surface area contributed by atoms with Crippen molar-refractivity contribution in [3.63, 3.8) is 0 Å². The number of hydrogen-bond donors (Lipinski definition) is 0. The average molecular weight is 382 g/mol. The number of benzene rings is 2. The fraction of sp³-hybridized carbons (Fsp3) is 0.150. The van der Waals surface area contributed by atoms with Gasteiger partial charge in [0, 0.05) is 12.0 Å². The van der Waals surface area contributed by atoms with Gasteiger partial charge in [-0.25, -0.2) is 0 Å². The van der Waals surface area contributed by atoms with Gasteiger partial charge in [-0.15, -0.1) is 0 Å². The van der Waals surface area contributed by atoms with Crippen LogP contribution in [-0.2, 0) is 10.0 Å². The molecule has 1 aromatic heterocycles. The maximum Gasteiger partial charge on any atom is 0.279 e. The van der Waals surface area contributed by atoms with Crippen molar-refractivity contribution in [3.05, 3.63) is 84.3 Å². The number of furan rings is 1. The van der Waals surface area contributed by atoms with Crippen LogP contribution in [0.25, 0.3) is 0 Å². The van der Waals surface area contributed by atoms with Gasteiger partial charge in [0.05, 0.1) is 24.3 Å². The molecule has 1 aliphatic rings. The Morgan fingerprint density at radius 1 is 1.04 bits per heavy atom. The lowest BCUT2D eigenvalue weighted by Crippen LogP contribution is -2.27. The second-order valence-corrected chi connectivity index (χ2v) is 7.87. The highest BCUT2D eigenvalue weighted by Gasteiger charge is 2.39. The van der Waals surface area contributed by atoms with E-state index >= 15 is 0 Å². The second kappa shape index (κ2) is 6.92. The van der Waals surface area contributed by atoms with Crippen LogP contribution in [0.2, 0.25) is 0 Å². The predicted molar refractivity (Wildman–Crippen MR) is 101 cm³/mol. The SMILES string of the molecule is COc1ccccc1C1CC(c2ccco2)=NN1S(=O)(=O)c1ccccc1. The van der Waals surface area contributed by atoms with Crippen LogP contribution in [0.1, 0.15) is 23.8 Å². The maximum absolute atomic E-state index is 13.3. The zero-order valence-electron chi connectivity index (χ0n) is 14.6. The Morgan fingerprint density at radius 2 is 1.78 bits per heavy atom. The Hall–Kier alpha value is -3.06. The minimum atomic E-state index is -3.84. The van der Waals surface area contributed by atoms with Crippen LogP contribution in [0.5, 0.6) is 5.75 Å². The first-order valence-corrected chi connectivity index (χ1v) is 9.89. The molecular formula is C20H18N2O4S. The molecule has 0 radical (unpaired) electrons. The van der Waals surface area contributed by atoms with Crippen LogP contribution in [0.3, 0.4) is 0 Å². The van der Waals surface area contributed by atoms with E-state index in [0.29, 0.717) is 23.6 Å². The van der Waals surface area contributed by atoms with Crippen molar-refractivity contribution in [2.24, 2.45) is 5.10 Å². The van der Waals surface area contributed by atoms with Crippen LogP contribution >= 0.6 is 0 Å². The Labute approximate surface area is 157 Å². The molecule has 0 N–H and O–H groups in total. The molecule has 4 rings (SSSR count). The molecule has 3 aromatic rings. The van der Waals surface area contributed by atoms with Crippen molar-refractivity contribution >= 4 is 15.7 Å². The summed E-state index contributed by atoms with van der Waals surface area (Å²) >= 11 is 0. The topological polar surface area (TPSA) is 72.1 Å². The van der Waals surface area contributed by atoms with E-state index in [4.69, 9.17) is 9.15 Å². The first-order valence-electron chi connectivity index (χ1n) is 8.45. The molecule has 0 saturated carbocycles. The summed E-state index contributed by atoms with van der Waals surface area (Å²) in [7, 11) is -2.27. The lowest BCUT2D eigenvalue weighted by atomic mass is 10.0. The molecule has 0 spiro atoms. The monoisotopic (exact) mass is 382 g/mol. The third-order valence-corrected chi connectivity index (χ3v) is 6.16. The minimum Gasteiger partial charge on any atom is -0.496 e. The average Bonchev–Trinajstić information content (AvgIpc) is 3.38. The standard InChI is InChI=1S/C20H18N2O4S/c1-25-19-11-6-5-10-16(19)18-14-17(20-12-7-13-26-20)21-22(18)27(23,24)15-8-3-2-4-9-15/h2-13,18H,14H2,1H3. The van der Waals surface area contributed by atoms with Gasteiger partial charge in [0.15, 0.2) is 0 Å². The van der Waals surface area contributed by atoms with E-state index in [1.807, 2.05) is 24.3 Å². The van der Waals surface area contributed by atoms with E-state index in [1.165, 1.54) is 0 Å². The molecule has 1 atom stereocenters. The quantitative estimate of drug-likeness (QED) is 0.672. The molecule has 138 valence electrons. The van der Waals surface area contributed by atoms with Gasteiger partial charge >= 0.3 is 0 Å². The van der Waals surface area contributed by atoms with E-state index in [2.05, 4.69) is 5.10 Å². The summed E-state index contributed by atoms with van der Waals surface area (Å²) in [6.07, 6.45) is 1.93. The molecule has 0 bridgehead atoms. The van der Waals surface area contributed by atoms with Crippen molar-refractivity contribution < 1.29 is 17.6 Å². The van der Waals surface area contributed by atoms with Crippen LogP contribution in [0, 0.1) is 0 Å². The molecule has 7 heteroatoms. The summed E-state index contributed by atoms with van der Waals surface area (Å²) in [4.78, 5) is 0.189. The Bertz CT molecular complexity index is 1060. The molecule has 2 heterocycles. The van der Waals surface area contributed by atoms with Crippen molar-refractivity contribution in [1.29, 1.82) is 0 Å². The summed E-state index contributed by atoms with van der Waals surface area (Å²) < 4.78 is 38.6. The number of hydrazone groups is 1. The van der Waals surface area contributed by atoms with E-state index in [0.717, 1.165) is 9.98 Å². The first-order chi connectivity index (χ1) is 13.1. The molecule has 2 aromatic carbocycles. The zero-order valence-corrected chi connectivity index (χ0v) is 15.5. The molecule has 1 aliphatic heterocycles. The molecule has 0 amide bonds. The maximum atomic E-state index is 13.3. The summed E-state index contributed by atoms with van der Waals surface area (Å²) in [5.74, 6) is 1.17. The van der Waals surface area contributed by atoms with Gasteiger partial charge in [0.1, 0.15) is 17.2 Å². The second-order valence-electron chi connectivity index (χ2n) is 6.08. The molecule has 0 aliphatic carbocycles. The van der Waals surface area contributed by atoms with Gasteiger partial charge in [0.25, 0.3) is 10.0 Å². The molecule has 0 saturated heterocycles. The highest BCUT2D eigenvalue weighted by molar-refractivity contribution is 7.89. The van der Waals surface area contributed by atoms with Crippen LogP contribution < -0.4 is 4.74 Å². The van der Waals surface area contributed by atoms with Crippen LogP contribution in [0.4, 0.5) is 0 Å². The molecule has 27 heavy (non-hydrogen) atoms. The lowest BCUT2D eigenvalue weighted by molar-refractivity contribution is 0.350. The number of ether oxygens (including phenoxy) is 1. The molecule has 0 fully saturated rings. The van der Waals surface area contributed by atoms with Crippen molar-refractivity contribution in [1.82, 2.24) is 4.41 Å². The Kier molecular flexibility index (Phi) is 4.45. The molecular weight excluding hydrogens is 364 g/mol. The number of hydrogen-bond acceptors (Lipinski definition) is 5. The normalized spacial score (nSPS) is 17.0. The first kappa shape index (κ1) is 17.4. The van der Waals surface area contributed by atoms with Gasteiger partial charge in [-0.1, -0.05) is 36.4 Å². The van der Waals surface area contributed by atoms with E-state index in [-0.39, 0.29) is 4.90 Å². The highest BCUT2D eigenvalue weighted by Crippen LogP contribution is 2.40. The summed E-state index contributed by atoms with van der Waals surface area (Å²) in [5, 5.41) is 4.42. The van der Waals surface area contributed by atoms with Crippen LogP contribution in [0.15, 0.2) is 87.4 Å². The number of para-hydroxylation sites is 1. The van der Waals surface area contributed by atoms with E-state index in [9.17, 15) is 8.42 Å². The van der Waals surface area contributed by atoms with Gasteiger partial charge in [-0.2, -0.15) is 17.9 Å². The fourth-order valence-corrected chi connectivity index (χ4v) is 4.62. The van der Waals surface area contributed by atoms with Gasteiger partial charge < -0.3 is 9.15 Å². The summed E-state index contributed by atoms with van der Waals surface area (Å²) in [6.45, 7) is 0. The smallest absolute Gasteiger partial charge is 0.279 e. The number of methoxy groups -OCH3 is 1. The molecule has 6 nitrogen and oxygen atoms in total. The summed E-state index contributed by atoms with van der Waals surface area (Å²) in [5.41, 5.74) is 1.33. The van der Waals surface area contributed by atoms with E-state index in [1.54, 1.807) is 55.8 Å². The fourth-order valence-electron chi connectivity index (χ4n) is 3.18. The Balaban J connectivity index is 1.83. The van der Waals surface area contributed by atoms with Gasteiger partial charge in [-0.05, 0) is 30.3 Å².